The molecule has 1 atom stereocenters. The molecule has 0 aromatic carbocycles. The highest BCUT2D eigenvalue weighted by Crippen LogP contribution is 2.33. The van der Waals surface area contributed by atoms with E-state index in [0.717, 1.165) is 37.6 Å². The largest absolute Gasteiger partial charge is 0.469 e. The summed E-state index contributed by atoms with van der Waals surface area (Å²) in [5, 5.41) is 9.67. The predicted octanol–water partition coefficient (Wildman–Crippen LogP) is 1.14. The molecule has 1 aromatic rings. The van der Waals surface area contributed by atoms with Crippen molar-refractivity contribution in [2.24, 2.45) is 0 Å². The Bertz CT molecular complexity index is 553. The normalized spacial score (nSPS) is 17.0. The van der Waals surface area contributed by atoms with Crippen molar-refractivity contribution in [2.75, 3.05) is 38.2 Å². The number of ether oxygens (including phenoxy) is 1. The van der Waals surface area contributed by atoms with Crippen molar-refractivity contribution in [3.05, 3.63) is 16.5 Å². The zero-order valence-corrected chi connectivity index (χ0v) is 15.3. The topological polar surface area (TPSA) is 78.8 Å². The summed E-state index contributed by atoms with van der Waals surface area (Å²) < 4.78 is 5.47. The van der Waals surface area contributed by atoms with Crippen molar-refractivity contribution in [1.29, 1.82) is 0 Å². The van der Waals surface area contributed by atoms with Crippen molar-refractivity contribution in [3.8, 4) is 0 Å². The molecule has 7 nitrogen and oxygen atoms in total. The smallest absolute Gasteiger partial charge is 0.376 e. The predicted molar refractivity (Wildman–Crippen MR) is 92.4 cm³/mol. The van der Waals surface area contributed by atoms with E-state index in [0.29, 0.717) is 4.60 Å². The second-order valence-corrected chi connectivity index (χ2v) is 6.49. The molecule has 1 N–H and O–H groups in total. The first-order valence-electron chi connectivity index (χ1n) is 7.68. The third kappa shape index (κ3) is 4.42. The summed E-state index contributed by atoms with van der Waals surface area (Å²) in [6, 6.07) is 0. The molecule has 1 saturated heterocycles. The molecule has 0 radical (unpaired) electrons. The van der Waals surface area contributed by atoms with Crippen molar-refractivity contribution in [2.45, 2.75) is 26.1 Å². The van der Waals surface area contributed by atoms with E-state index in [1.807, 2.05) is 11.7 Å². The van der Waals surface area contributed by atoms with Crippen molar-refractivity contribution in [3.63, 3.8) is 0 Å². The lowest BCUT2D eigenvalue weighted by Gasteiger charge is -2.37. The molecule has 0 amide bonds. The van der Waals surface area contributed by atoms with Crippen LogP contribution in [0.5, 0.6) is 0 Å². The molecule has 2 heterocycles. The molecular formula is C14H22BBrN4O3. The van der Waals surface area contributed by atoms with Gasteiger partial charge >= 0.3 is 13.0 Å². The molecule has 1 fully saturated rings. The van der Waals surface area contributed by atoms with Crippen LogP contribution in [-0.2, 0) is 9.53 Å². The van der Waals surface area contributed by atoms with E-state index in [4.69, 9.17) is 4.74 Å². The number of piperazine rings is 1. The van der Waals surface area contributed by atoms with Crippen LogP contribution < -0.4 is 4.90 Å². The van der Waals surface area contributed by atoms with Crippen LogP contribution in [-0.4, -0.2) is 66.1 Å². The molecule has 2 rings (SSSR count). The lowest BCUT2D eigenvalue weighted by molar-refractivity contribution is -0.140. The van der Waals surface area contributed by atoms with E-state index in [1.165, 1.54) is 13.4 Å². The number of carbonyl (C=O) groups is 1. The number of nitrogens with zero attached hydrogens (tertiary/aromatic N) is 4. The van der Waals surface area contributed by atoms with Gasteiger partial charge in [0.1, 0.15) is 16.7 Å². The van der Waals surface area contributed by atoms with Crippen LogP contribution >= 0.6 is 15.9 Å². The minimum atomic E-state index is -0.438. The Morgan fingerprint density at radius 1 is 1.43 bits per heavy atom. The molecule has 23 heavy (non-hydrogen) atoms. The van der Waals surface area contributed by atoms with Crippen LogP contribution in [0, 0.1) is 0 Å². The van der Waals surface area contributed by atoms with Gasteiger partial charge in [-0.05, 0) is 28.7 Å². The van der Waals surface area contributed by atoms with Crippen molar-refractivity contribution >= 4 is 34.8 Å². The van der Waals surface area contributed by atoms with Gasteiger partial charge in [0, 0.05) is 31.7 Å². The highest BCUT2D eigenvalue weighted by Gasteiger charge is 2.27. The lowest BCUT2D eigenvalue weighted by Crippen LogP contribution is -2.52. The molecule has 126 valence electrons. The van der Waals surface area contributed by atoms with Gasteiger partial charge in [-0.1, -0.05) is 6.92 Å². The van der Waals surface area contributed by atoms with Crippen LogP contribution in [0.15, 0.2) is 10.9 Å². The fraction of sp³-hybridized carbons (Fsp3) is 0.643. The van der Waals surface area contributed by atoms with Gasteiger partial charge in [0.25, 0.3) is 0 Å². The molecule has 9 heteroatoms. The van der Waals surface area contributed by atoms with Crippen molar-refractivity contribution < 1.29 is 14.6 Å². The van der Waals surface area contributed by atoms with Crippen LogP contribution in [0.2, 0.25) is 6.82 Å². The summed E-state index contributed by atoms with van der Waals surface area (Å²) in [7, 11) is 0.953. The van der Waals surface area contributed by atoms with Gasteiger partial charge in [-0.3, -0.25) is 4.79 Å². The maximum atomic E-state index is 11.6. The van der Waals surface area contributed by atoms with E-state index < -0.39 is 7.05 Å². The second kappa shape index (κ2) is 8.07. The molecule has 1 aromatic heterocycles. The molecular weight excluding hydrogens is 363 g/mol. The Kier molecular flexibility index (Phi) is 6.37. The Morgan fingerprint density at radius 3 is 2.65 bits per heavy atom. The van der Waals surface area contributed by atoms with Crippen LogP contribution in [0.1, 0.15) is 24.8 Å². The van der Waals surface area contributed by atoms with Crippen LogP contribution in [0.4, 0.5) is 5.82 Å². The van der Waals surface area contributed by atoms with Gasteiger partial charge in [-0.2, -0.15) is 0 Å². The fourth-order valence-corrected chi connectivity index (χ4v) is 3.44. The maximum Gasteiger partial charge on any atom is 0.376 e. The van der Waals surface area contributed by atoms with Gasteiger partial charge in [-0.15, -0.1) is 0 Å². The van der Waals surface area contributed by atoms with E-state index in [-0.39, 0.29) is 18.3 Å². The molecule has 0 spiro atoms. The van der Waals surface area contributed by atoms with E-state index in [1.54, 1.807) is 6.82 Å². The Labute approximate surface area is 145 Å². The van der Waals surface area contributed by atoms with Crippen molar-refractivity contribution in [1.82, 2.24) is 14.8 Å². The first-order chi connectivity index (χ1) is 10.9. The number of halogens is 1. The van der Waals surface area contributed by atoms with Gasteiger partial charge in [0.2, 0.25) is 0 Å². The molecule has 0 unspecified atom stereocenters. The second-order valence-electron chi connectivity index (χ2n) is 5.74. The van der Waals surface area contributed by atoms with E-state index in [9.17, 15) is 9.82 Å². The zero-order chi connectivity index (χ0) is 17.0. The fourth-order valence-electron chi connectivity index (χ4n) is 2.78. The Morgan fingerprint density at radius 2 is 2.09 bits per heavy atom. The lowest BCUT2D eigenvalue weighted by atomic mass is 9.84. The van der Waals surface area contributed by atoms with Crippen LogP contribution in [0.25, 0.3) is 0 Å². The summed E-state index contributed by atoms with van der Waals surface area (Å²) in [4.78, 5) is 24.4. The average molecular weight is 385 g/mol. The van der Waals surface area contributed by atoms with Gasteiger partial charge < -0.3 is 19.5 Å². The zero-order valence-electron chi connectivity index (χ0n) is 13.7. The average Bonchev–Trinajstić information content (AvgIpc) is 2.54. The SMILES string of the molecule is COC(=O)C[C@@H](C)c1c(Br)ncnc1N1CCN(B(C)O)CC1. The highest BCUT2D eigenvalue weighted by molar-refractivity contribution is 9.10. The number of methoxy groups -OCH3 is 1. The Balaban J connectivity index is 2.19. The number of esters is 1. The minimum Gasteiger partial charge on any atom is -0.469 e. The summed E-state index contributed by atoms with van der Waals surface area (Å²) in [6.07, 6.45) is 1.80. The maximum absolute atomic E-state index is 11.6. The Hall–Kier alpha value is -1.19. The van der Waals surface area contributed by atoms with Gasteiger partial charge in [0.05, 0.1) is 13.5 Å². The molecule has 0 bridgehead atoms. The standard InChI is InChI=1S/C14H22BBrN4O3/c1-10(8-11(21)23-3)12-13(16)17-9-18-14(12)19-4-6-20(7-5-19)15(2)22/h9-10,22H,4-8H2,1-3H3/t10-/m1/s1. The quantitative estimate of drug-likeness (QED) is 0.463. The third-order valence-corrected chi connectivity index (χ3v) is 4.78. The first kappa shape index (κ1) is 18.2. The van der Waals surface area contributed by atoms with Crippen LogP contribution in [0.3, 0.4) is 0 Å². The number of anilines is 1. The number of aromatic nitrogens is 2. The summed E-state index contributed by atoms with van der Waals surface area (Å²) in [6.45, 7) is 6.82. The summed E-state index contributed by atoms with van der Waals surface area (Å²) in [5.74, 6) is 0.537. The molecule has 1 aliphatic rings. The number of hydrogen-bond donors (Lipinski definition) is 1. The molecule has 1 aliphatic heterocycles. The molecule has 0 aliphatic carbocycles. The third-order valence-electron chi connectivity index (χ3n) is 4.15. The minimum absolute atomic E-state index is 0.0529. The first-order valence-corrected chi connectivity index (χ1v) is 8.47. The van der Waals surface area contributed by atoms with E-state index in [2.05, 4.69) is 30.8 Å². The summed E-state index contributed by atoms with van der Waals surface area (Å²) >= 11 is 3.48. The summed E-state index contributed by atoms with van der Waals surface area (Å²) in [5.41, 5.74) is 0.920. The number of carbonyl (C=O) groups excluding carboxylic acids is 1. The molecule has 0 saturated carbocycles. The van der Waals surface area contributed by atoms with E-state index >= 15 is 0 Å². The van der Waals surface area contributed by atoms with Gasteiger partial charge in [0.15, 0.2) is 0 Å². The monoisotopic (exact) mass is 384 g/mol. The number of rotatable bonds is 5. The number of hydrogen-bond acceptors (Lipinski definition) is 7. The van der Waals surface area contributed by atoms with Gasteiger partial charge in [-0.25, -0.2) is 9.97 Å². The highest BCUT2D eigenvalue weighted by atomic mass is 79.9.